The molecule has 2 aromatic heterocycles. The molecule has 10 aromatic rings. The van der Waals surface area contributed by atoms with Gasteiger partial charge in [-0.05, 0) is 188 Å². The van der Waals surface area contributed by atoms with Crippen molar-refractivity contribution in [3.63, 3.8) is 0 Å². The van der Waals surface area contributed by atoms with Crippen LogP contribution in [-0.2, 0) is 24.0 Å². The second-order valence-electron chi connectivity index (χ2n) is 31.5. The molecule has 31 heteroatoms. The molecule has 0 bridgehead atoms. The zero-order valence-corrected chi connectivity index (χ0v) is 87.3. The lowest BCUT2D eigenvalue weighted by atomic mass is 10.1. The number of amides is 5. The van der Waals surface area contributed by atoms with E-state index in [1.165, 1.54) is 158 Å². The van der Waals surface area contributed by atoms with Gasteiger partial charge in [0.25, 0.3) is 28.9 Å². The predicted molar refractivity (Wildman–Crippen MR) is 605 cm³/mol. The molecule has 8 aromatic carbocycles. The van der Waals surface area contributed by atoms with Crippen LogP contribution in [0, 0.1) is 0 Å². The molecule has 0 atom stereocenters. The van der Waals surface area contributed by atoms with Gasteiger partial charge in [0.2, 0.25) is 0 Å². The van der Waals surface area contributed by atoms with Crippen LogP contribution in [0.2, 0.25) is 0 Å². The van der Waals surface area contributed by atoms with E-state index in [1.54, 1.807) is 80.7 Å². The Labute approximate surface area is 861 Å². The number of fused-ring (bicyclic) bond motifs is 7. The Kier molecular flexibility index (Phi) is 38.4. The molecule has 8 aliphatic heterocycles. The number of carbonyl (C=O) groups excluding carboxylic acids is 5. The number of imide groups is 1. The van der Waals surface area contributed by atoms with E-state index in [9.17, 15) is 28.8 Å². The van der Waals surface area contributed by atoms with Gasteiger partial charge in [-0.15, -0.1) is 31.1 Å². The van der Waals surface area contributed by atoms with Gasteiger partial charge in [-0.25, -0.2) is 9.97 Å². The number of anilines is 5. The van der Waals surface area contributed by atoms with E-state index in [2.05, 4.69) is 259 Å². The molecule has 0 aliphatic carbocycles. The number of nitrogens with zero attached hydrogens (tertiary/aromatic N) is 11. The normalized spacial score (nSPS) is 17.7. The number of carboxylic acids is 1. The van der Waals surface area contributed by atoms with Gasteiger partial charge in [0.05, 0.1) is 79.7 Å². The van der Waals surface area contributed by atoms with Crippen LogP contribution in [-0.4, -0.2) is 156 Å². The fourth-order valence-corrected chi connectivity index (χ4v) is 24.4. The third-order valence-corrected chi connectivity index (χ3v) is 32.3. The minimum Gasteiger partial charge on any atom is -0.481 e. The number of rotatable bonds is 26. The lowest BCUT2D eigenvalue weighted by Gasteiger charge is -2.21. The fourth-order valence-electron chi connectivity index (χ4n) is 14.7. The molecule has 5 amide bonds. The molecule has 18 rings (SSSR count). The first kappa shape index (κ1) is 104. The summed E-state index contributed by atoms with van der Waals surface area (Å²) in [6.07, 6.45) is 33.8. The SMILES string of the molecule is C=CCN1C(=O)/C(=C2/SC=C(C)N2CCC(=O)O)SC1=S.C=CCN1C(=O)/C(=C\C=C2/Sc3ccccc3N2CC)SC1=S.C=CCN1C(=O)/C(=C\C=C2/Sc3ccccc3N2CCCCCC)SC1=S.CCN1/C(=C/C=C2/SC(=O)NC2=O)Sc2ccccc21.CN(C)c1ccc(/C=C/C=C/c2ccc3ccccc3n2)cc1.CN(C)c1ccc(/C=C/c2nc3c(ccc4ccccc43)s2)cc1. The number of benzene rings is 8. The van der Waals surface area contributed by atoms with Crippen LogP contribution in [0.25, 0.3) is 56.2 Å². The molecule has 4 fully saturated rings. The first-order valence-corrected chi connectivity index (χ1v) is 53.2. The molecule has 138 heavy (non-hydrogen) atoms. The molecule has 19 nitrogen and oxygen atoms in total. The average Bonchev–Trinajstić information content (AvgIpc) is 1.63. The van der Waals surface area contributed by atoms with Gasteiger partial charge in [0, 0.05) is 117 Å². The van der Waals surface area contributed by atoms with Gasteiger partial charge >= 0.3 is 5.97 Å². The van der Waals surface area contributed by atoms with Crippen LogP contribution < -0.4 is 29.8 Å². The first-order valence-electron chi connectivity index (χ1n) is 44.5. The molecule has 706 valence electrons. The Morgan fingerprint density at radius 2 is 0.949 bits per heavy atom. The Morgan fingerprint density at radius 1 is 0.464 bits per heavy atom. The summed E-state index contributed by atoms with van der Waals surface area (Å²) in [6, 6.07) is 67.1. The number of carbonyl (C=O) groups is 6. The third kappa shape index (κ3) is 27.0. The Balaban J connectivity index is 0.000000140. The Morgan fingerprint density at radius 3 is 1.48 bits per heavy atom. The summed E-state index contributed by atoms with van der Waals surface area (Å²) in [5.41, 5.74) is 12.5. The maximum absolute atomic E-state index is 12.5. The molecule has 0 radical (unpaired) electrons. The van der Waals surface area contributed by atoms with Crippen molar-refractivity contribution in [2.24, 2.45) is 0 Å². The highest BCUT2D eigenvalue weighted by atomic mass is 32.2. The van der Waals surface area contributed by atoms with Crippen LogP contribution in [0.15, 0.2) is 346 Å². The lowest BCUT2D eigenvalue weighted by Crippen LogP contribution is -2.29. The van der Waals surface area contributed by atoms with Crippen LogP contribution in [0.1, 0.15) is 81.6 Å². The van der Waals surface area contributed by atoms with E-state index in [-0.39, 0.29) is 35.3 Å². The molecular weight excluding hydrogens is 1950 g/mol. The summed E-state index contributed by atoms with van der Waals surface area (Å²) < 4.78 is 2.93. The average molecular weight is 2050 g/mol. The van der Waals surface area contributed by atoms with Gasteiger partial charge in [0.15, 0.2) is 0 Å². The maximum Gasteiger partial charge on any atom is 0.305 e. The zero-order chi connectivity index (χ0) is 97.9. The number of aromatic nitrogens is 2. The molecule has 4 saturated heterocycles. The quantitative estimate of drug-likeness (QED) is 0.0171. The number of aliphatic carboxylic acids is 1. The number of thioether (sulfide) groups is 8. The molecule has 0 saturated carbocycles. The third-order valence-electron chi connectivity index (χ3n) is 21.7. The lowest BCUT2D eigenvalue weighted by molar-refractivity contribution is -0.137. The highest BCUT2D eigenvalue weighted by Gasteiger charge is 2.38. The number of pyridine rings is 1. The first-order chi connectivity index (χ1) is 66.9. The fraction of sp³-hybridized carbons (Fsp3) is 0.187. The van der Waals surface area contributed by atoms with E-state index in [4.69, 9.17) is 46.7 Å². The monoisotopic (exact) mass is 2050 g/mol. The molecule has 8 aliphatic rings. The minimum absolute atomic E-state index is 0.0161. The highest BCUT2D eigenvalue weighted by molar-refractivity contribution is 8.27. The summed E-state index contributed by atoms with van der Waals surface area (Å²) >= 11 is 29.0. The Bertz CT molecular complexity index is 6690. The van der Waals surface area contributed by atoms with Crippen molar-refractivity contribution in [1.29, 1.82) is 0 Å². The second kappa shape index (κ2) is 50.9. The summed E-state index contributed by atoms with van der Waals surface area (Å²) in [4.78, 5) is 104. The molecule has 0 spiro atoms. The van der Waals surface area contributed by atoms with Crippen LogP contribution >= 0.6 is 142 Å². The van der Waals surface area contributed by atoms with E-state index in [0.29, 0.717) is 58.8 Å². The molecule has 2 N–H and O–H groups in total. The number of hydrogen-bond acceptors (Lipinski definition) is 26. The van der Waals surface area contributed by atoms with Crippen LogP contribution in [0.4, 0.5) is 33.2 Å². The van der Waals surface area contributed by atoms with E-state index in [0.717, 1.165) is 73.9 Å². The number of para-hydroxylation sites is 4. The van der Waals surface area contributed by atoms with Crippen LogP contribution in [0.3, 0.4) is 0 Å². The van der Waals surface area contributed by atoms with Crippen molar-refractivity contribution in [3.8, 4) is 0 Å². The predicted octanol–water partition coefficient (Wildman–Crippen LogP) is 27.0. The van der Waals surface area contributed by atoms with Crippen molar-refractivity contribution in [3.05, 3.63) is 353 Å². The van der Waals surface area contributed by atoms with Gasteiger partial charge in [0.1, 0.15) is 22.9 Å². The van der Waals surface area contributed by atoms with E-state index < -0.39 is 5.97 Å². The van der Waals surface area contributed by atoms with Crippen molar-refractivity contribution in [2.75, 3.05) is 98.5 Å². The van der Waals surface area contributed by atoms with Gasteiger partial charge < -0.3 is 34.5 Å². The smallest absolute Gasteiger partial charge is 0.305 e. The topological polar surface area (TPSA) is 190 Å². The van der Waals surface area contributed by atoms with Crippen LogP contribution in [0.5, 0.6) is 0 Å². The molecule has 10 heterocycles. The number of carboxylic acid groups (broad SMARTS) is 1. The largest absolute Gasteiger partial charge is 0.481 e. The van der Waals surface area contributed by atoms with Gasteiger partial charge in [-0.3, -0.25) is 48.8 Å². The number of allylic oxidation sites excluding steroid dienone is 9. The number of unbranched alkanes of at least 4 members (excludes halogenated alkanes) is 3. The van der Waals surface area contributed by atoms with Crippen molar-refractivity contribution >= 4 is 275 Å². The van der Waals surface area contributed by atoms with Crippen molar-refractivity contribution in [2.45, 2.75) is 74.5 Å². The highest BCUT2D eigenvalue weighted by Crippen LogP contribution is 2.50. The maximum atomic E-state index is 12.5. The van der Waals surface area contributed by atoms with E-state index in [1.807, 2.05) is 122 Å². The summed E-state index contributed by atoms with van der Waals surface area (Å²) in [7, 11) is 8.20. The van der Waals surface area contributed by atoms with Crippen molar-refractivity contribution < 1.29 is 33.9 Å². The van der Waals surface area contributed by atoms with Crippen molar-refractivity contribution in [1.82, 2.24) is 34.9 Å². The summed E-state index contributed by atoms with van der Waals surface area (Å²) in [5, 5.41) is 21.5. The van der Waals surface area contributed by atoms with Gasteiger partial charge in [-0.2, -0.15) is 0 Å². The van der Waals surface area contributed by atoms with E-state index >= 15 is 0 Å². The number of nitrogens with one attached hydrogen (secondary N) is 1. The standard InChI is InChI=1S/C21H24N2OS3.C21H18N2S.C21H20N2.C17H16N2OS3.C14H12N2O2S2.C13H14N2O3S3/c1-3-5-6-9-15-22-16-10-7-8-11-17(16)26-19(22)13-12-18-20(24)23(14-4-2)21(25)27-18;1-23(2)17-11-7-15(8-12-17)9-14-20-22-21-18-6-4-3-5-16(18)10-13-19(21)24-20;1-23(2)20-15-11-17(12-16-20)7-3-5-9-19-14-13-18-8-4-6-10-21(18)22-19;1-3-11-19-16(20)14(23-17(19)21)9-10-15-18(4-2)12-7-5-6-8-13(12)22-15;1-2-16-9-5-3-4-6-10(9)19-12(16)8-7-11-13(17)15-14(18)20-11;1-3-5-15-11(18)10(21-13(15)19)12-14(6-4-9(16)17)8(2)7-20-12/h4,7-8,10-13H,2-3,5-6,9,14-15H2,1H3;3-14H,1-2H3;3-16H,1-2H3;3,5-10H,1,4,11H2,2H3;3-8H,2H2,1H3,(H,15,17,18);3,7H,1,4-6H2,2H3,(H,16,17)/b18-12+,19-13-;14-9+;7-3+,9-5+;14-9+,15-10-;11-7+,12-8-;12-10-. The number of thiazole rings is 1. The Hall–Kier alpha value is -11.4. The van der Waals surface area contributed by atoms with Gasteiger partial charge in [-0.1, -0.05) is 303 Å². The second-order valence-corrected chi connectivity index (χ2v) is 42.6. The summed E-state index contributed by atoms with van der Waals surface area (Å²) in [6.45, 7) is 23.7. The molecular formula is C107H104N12O7S12. The minimum atomic E-state index is -0.863. The summed E-state index contributed by atoms with van der Waals surface area (Å²) in [5.74, 6) is -1.40. The number of thiocarbonyl (C=S) groups is 3. The number of hydrogen-bond donors (Lipinski definition) is 2. The zero-order valence-electron chi connectivity index (χ0n) is 77.5. The molecule has 0 unspecified atom stereocenters.